The third-order valence-corrected chi connectivity index (χ3v) is 8.26. The predicted octanol–water partition coefficient (Wildman–Crippen LogP) is 9.55. The number of halogens is 15. The monoisotopic (exact) mass is 804 g/mol. The third-order valence-electron chi connectivity index (χ3n) is 6.91. The molecule has 0 aliphatic heterocycles. The molecular formula is C30H15ClF14O6S. The Morgan fingerprint density at radius 3 is 1.17 bits per heavy atom. The lowest BCUT2D eigenvalue weighted by atomic mass is 9.93. The van der Waals surface area contributed by atoms with Gasteiger partial charge in [0.1, 0.15) is 11.5 Å². The molecule has 0 unspecified atom stereocenters. The molecule has 0 bridgehead atoms. The van der Waals surface area contributed by atoms with E-state index < -0.39 is 96.4 Å². The van der Waals surface area contributed by atoms with Crippen LogP contribution in [0.3, 0.4) is 0 Å². The summed E-state index contributed by atoms with van der Waals surface area (Å²) in [6, 6.07) is 10.6. The minimum atomic E-state index is -6.84. The molecule has 0 spiro atoms. The van der Waals surface area contributed by atoms with Crippen LogP contribution in [0.15, 0.2) is 83.8 Å². The Hall–Kier alpha value is -4.66. The Balaban J connectivity index is 2.02. The van der Waals surface area contributed by atoms with Crippen LogP contribution in [0.2, 0.25) is 0 Å². The fraction of sp³-hybridized carbons (Fsp3) is 0.200. The number of rotatable bonds is 11. The molecule has 0 aliphatic rings. The van der Waals surface area contributed by atoms with E-state index in [4.69, 9.17) is 10.7 Å². The normalized spacial score (nSPS) is 14.4. The number of allylic oxidation sites excluding steroid dienone is 2. The van der Waals surface area contributed by atoms with Gasteiger partial charge in [0, 0.05) is 34.0 Å². The molecule has 3 aromatic rings. The minimum Gasteiger partial charge on any atom is -0.507 e. The van der Waals surface area contributed by atoms with E-state index in [9.17, 15) is 89.7 Å². The number of hydrogen-bond donors (Lipinski definition) is 2. The number of aliphatic hydroxyl groups is 2. The van der Waals surface area contributed by atoms with Crippen molar-refractivity contribution in [1.29, 1.82) is 0 Å². The van der Waals surface area contributed by atoms with Gasteiger partial charge in [-0.1, -0.05) is 54.6 Å². The van der Waals surface area contributed by atoms with Gasteiger partial charge in [0.2, 0.25) is 11.6 Å². The molecule has 22 heteroatoms. The SMILES string of the molecule is O=C(/C=C(\O)c1ccc(-c2ccc(S(=O)(=O)Cl)cc2-c2ccc(/C(O)=C/C(=O)C(F)(F)C(F)(F)C(F)(F)F)cc2)cc1)C(F)(F)C(F)(F)C(F)(F)F. The van der Waals surface area contributed by atoms with Gasteiger partial charge in [0.25, 0.3) is 9.05 Å². The number of ketones is 2. The van der Waals surface area contributed by atoms with E-state index in [0.29, 0.717) is 0 Å². The Kier molecular flexibility index (Phi) is 11.0. The molecule has 0 saturated heterocycles. The average Bonchev–Trinajstić information content (AvgIpc) is 3.02. The quantitative estimate of drug-likeness (QED) is 0.0866. The summed E-state index contributed by atoms with van der Waals surface area (Å²) >= 11 is 0. The first-order valence-corrected chi connectivity index (χ1v) is 15.5. The van der Waals surface area contributed by atoms with Crippen LogP contribution in [-0.4, -0.2) is 66.2 Å². The van der Waals surface area contributed by atoms with Crippen LogP contribution in [0.1, 0.15) is 11.1 Å². The summed E-state index contributed by atoms with van der Waals surface area (Å²) in [5.41, 5.74) is -1.12. The number of hydrogen-bond acceptors (Lipinski definition) is 6. The van der Waals surface area contributed by atoms with Crippen molar-refractivity contribution in [3.63, 3.8) is 0 Å². The van der Waals surface area contributed by atoms with Crippen LogP contribution >= 0.6 is 10.7 Å². The Morgan fingerprint density at radius 1 is 0.538 bits per heavy atom. The second-order valence-electron chi connectivity index (χ2n) is 10.4. The highest BCUT2D eigenvalue weighted by molar-refractivity contribution is 8.13. The number of carbonyl (C=O) groups is 2. The van der Waals surface area contributed by atoms with E-state index in [1.54, 1.807) is 0 Å². The van der Waals surface area contributed by atoms with Gasteiger partial charge in [0.15, 0.2) is 0 Å². The maximum absolute atomic E-state index is 13.7. The molecule has 0 saturated carbocycles. The van der Waals surface area contributed by atoms with E-state index in [1.165, 1.54) is 0 Å². The molecule has 3 aromatic carbocycles. The second kappa shape index (κ2) is 13.7. The summed E-state index contributed by atoms with van der Waals surface area (Å²) in [7, 11) is 0.952. The third kappa shape index (κ3) is 7.88. The maximum atomic E-state index is 13.7. The van der Waals surface area contributed by atoms with Crippen LogP contribution in [0.5, 0.6) is 0 Å². The summed E-state index contributed by atoms with van der Waals surface area (Å²) < 4.78 is 206. The molecular weight excluding hydrogens is 790 g/mol. The van der Waals surface area contributed by atoms with Crippen molar-refractivity contribution in [3.8, 4) is 22.3 Å². The second-order valence-corrected chi connectivity index (χ2v) is 12.9. The molecule has 0 amide bonds. The lowest BCUT2D eigenvalue weighted by Gasteiger charge is -2.26. The van der Waals surface area contributed by atoms with Crippen LogP contribution in [0.25, 0.3) is 33.8 Å². The van der Waals surface area contributed by atoms with E-state index in [-0.39, 0.29) is 22.3 Å². The molecule has 0 atom stereocenters. The molecule has 0 radical (unpaired) electrons. The summed E-state index contributed by atoms with van der Waals surface area (Å²) in [5, 5.41) is 20.0. The van der Waals surface area contributed by atoms with Crippen molar-refractivity contribution in [2.75, 3.05) is 0 Å². The first kappa shape index (κ1) is 41.8. The molecule has 282 valence electrons. The topological polar surface area (TPSA) is 109 Å². The van der Waals surface area contributed by atoms with Crippen LogP contribution in [0.4, 0.5) is 61.5 Å². The summed E-state index contributed by atoms with van der Waals surface area (Å²) in [4.78, 5) is 22.7. The van der Waals surface area contributed by atoms with E-state index in [2.05, 4.69) is 0 Å². The number of aliphatic hydroxyl groups excluding tert-OH is 2. The van der Waals surface area contributed by atoms with Crippen molar-refractivity contribution >= 4 is 42.8 Å². The molecule has 0 aliphatic carbocycles. The fourth-order valence-electron chi connectivity index (χ4n) is 4.07. The van der Waals surface area contributed by atoms with Crippen LogP contribution in [0, 0.1) is 0 Å². The van der Waals surface area contributed by atoms with Crippen molar-refractivity contribution in [1.82, 2.24) is 0 Å². The Bertz CT molecular complexity index is 2040. The highest BCUT2D eigenvalue weighted by atomic mass is 35.7. The van der Waals surface area contributed by atoms with Gasteiger partial charge in [-0.3, -0.25) is 9.59 Å². The van der Waals surface area contributed by atoms with E-state index in [0.717, 1.165) is 66.7 Å². The summed E-state index contributed by atoms with van der Waals surface area (Å²) in [6.07, 6.45) is -14.8. The minimum absolute atomic E-state index is 0.0146. The zero-order chi connectivity index (χ0) is 40.0. The Morgan fingerprint density at radius 2 is 0.865 bits per heavy atom. The maximum Gasteiger partial charge on any atom is 0.460 e. The highest BCUT2D eigenvalue weighted by Gasteiger charge is 2.76. The molecule has 6 nitrogen and oxygen atoms in total. The van der Waals surface area contributed by atoms with Crippen LogP contribution < -0.4 is 0 Å². The summed E-state index contributed by atoms with van der Waals surface area (Å²) in [5.74, 6) is -35.4. The van der Waals surface area contributed by atoms with Gasteiger partial charge in [-0.2, -0.15) is 61.5 Å². The van der Waals surface area contributed by atoms with E-state index >= 15 is 0 Å². The van der Waals surface area contributed by atoms with Crippen molar-refractivity contribution < 1.29 is 89.7 Å². The molecule has 0 fully saturated rings. The largest absolute Gasteiger partial charge is 0.507 e. The Labute approximate surface area is 285 Å². The standard InChI is InChI=1S/C30H15ClF14O6S/c31-52(50,51)18-9-10-19(14-1-5-16(6-2-14)21(46)12-23(48)25(32,33)27(36,37)29(40,41)42)20(11-18)15-3-7-17(8-4-15)22(47)13-24(49)26(34,35)28(38,39)30(43,44)45/h1-13,46-47H/b21-12-,22-13-. The number of carbonyl (C=O) groups excluding carboxylic acids is 2. The predicted molar refractivity (Wildman–Crippen MR) is 153 cm³/mol. The molecule has 3 rings (SSSR count). The fourth-order valence-corrected chi connectivity index (χ4v) is 4.85. The van der Waals surface area contributed by atoms with Gasteiger partial charge < -0.3 is 10.2 Å². The highest BCUT2D eigenvalue weighted by Crippen LogP contribution is 2.48. The van der Waals surface area contributed by atoms with Gasteiger partial charge in [-0.25, -0.2) is 8.42 Å². The lowest BCUT2D eigenvalue weighted by molar-refractivity contribution is -0.342. The lowest BCUT2D eigenvalue weighted by Crippen LogP contribution is -2.55. The first-order chi connectivity index (χ1) is 23.4. The van der Waals surface area contributed by atoms with Gasteiger partial charge in [-0.15, -0.1) is 0 Å². The summed E-state index contributed by atoms with van der Waals surface area (Å²) in [6.45, 7) is 0. The van der Waals surface area contributed by atoms with Crippen LogP contribution in [-0.2, 0) is 18.6 Å². The molecule has 52 heavy (non-hydrogen) atoms. The first-order valence-electron chi connectivity index (χ1n) is 13.2. The molecule has 0 aromatic heterocycles. The average molecular weight is 805 g/mol. The van der Waals surface area contributed by atoms with E-state index in [1.807, 2.05) is 0 Å². The van der Waals surface area contributed by atoms with Crippen molar-refractivity contribution in [2.24, 2.45) is 0 Å². The zero-order valence-electron chi connectivity index (χ0n) is 24.6. The molecule has 2 N–H and O–H groups in total. The number of alkyl halides is 14. The van der Waals surface area contributed by atoms with Crippen molar-refractivity contribution in [3.05, 3.63) is 90.0 Å². The molecule has 0 heterocycles. The van der Waals surface area contributed by atoms with Gasteiger partial charge in [-0.05, 0) is 34.4 Å². The number of benzene rings is 3. The van der Waals surface area contributed by atoms with Gasteiger partial charge in [0.05, 0.1) is 4.90 Å². The van der Waals surface area contributed by atoms with Gasteiger partial charge >= 0.3 is 36.0 Å². The van der Waals surface area contributed by atoms with Crippen molar-refractivity contribution in [2.45, 2.75) is 40.9 Å². The smallest absolute Gasteiger partial charge is 0.460 e. The zero-order valence-corrected chi connectivity index (χ0v) is 26.2.